The molecule has 4 rings (SSSR count). The third kappa shape index (κ3) is 4.69. The highest BCUT2D eigenvalue weighted by Crippen LogP contribution is 2.27. The number of likely N-dealkylation sites (tertiary alicyclic amines) is 1. The third-order valence-electron chi connectivity index (χ3n) is 5.83. The smallest absolute Gasteiger partial charge is 0.270 e. The lowest BCUT2D eigenvalue weighted by molar-refractivity contribution is -0.384. The zero-order valence-electron chi connectivity index (χ0n) is 17.5. The van der Waals surface area contributed by atoms with Gasteiger partial charge in [-0.25, -0.2) is 0 Å². The molecule has 1 aromatic heterocycles. The highest BCUT2D eigenvalue weighted by Gasteiger charge is 2.24. The monoisotopic (exact) mass is 422 g/mol. The molecule has 31 heavy (non-hydrogen) atoms. The van der Waals surface area contributed by atoms with Crippen LogP contribution in [-0.4, -0.2) is 47.0 Å². The summed E-state index contributed by atoms with van der Waals surface area (Å²) in [6.07, 6.45) is 4.11. The van der Waals surface area contributed by atoms with Crippen LogP contribution in [0.4, 0.5) is 5.69 Å². The Hall–Kier alpha value is -3.39. The van der Waals surface area contributed by atoms with Crippen LogP contribution in [-0.2, 0) is 11.3 Å². The second kappa shape index (κ2) is 9.18. The first-order valence-corrected chi connectivity index (χ1v) is 10.4. The van der Waals surface area contributed by atoms with Crippen LogP contribution in [0.5, 0.6) is 5.75 Å². The number of non-ortho nitro benzene ring substituents is 1. The van der Waals surface area contributed by atoms with E-state index in [1.807, 2.05) is 22.8 Å². The van der Waals surface area contributed by atoms with Crippen molar-refractivity contribution in [3.8, 4) is 5.75 Å². The Morgan fingerprint density at radius 2 is 2.00 bits per heavy atom. The fraction of sp³-hybridized carbons (Fsp3) is 0.348. The number of methoxy groups -OCH3 is 1. The molecule has 1 amide bonds. The van der Waals surface area contributed by atoms with Crippen molar-refractivity contribution in [2.45, 2.75) is 25.4 Å². The Labute approximate surface area is 180 Å². The van der Waals surface area contributed by atoms with Gasteiger partial charge in [-0.05, 0) is 55.8 Å². The molecule has 0 radical (unpaired) electrons. The maximum Gasteiger partial charge on any atom is 0.270 e. The molecule has 2 heterocycles. The van der Waals surface area contributed by atoms with E-state index in [9.17, 15) is 14.9 Å². The molecule has 162 valence electrons. The summed E-state index contributed by atoms with van der Waals surface area (Å²) in [7, 11) is 1.65. The zero-order chi connectivity index (χ0) is 21.8. The van der Waals surface area contributed by atoms with E-state index in [4.69, 9.17) is 4.74 Å². The van der Waals surface area contributed by atoms with Gasteiger partial charge in [0, 0.05) is 35.8 Å². The van der Waals surface area contributed by atoms with Crippen LogP contribution in [0.25, 0.3) is 10.9 Å². The van der Waals surface area contributed by atoms with E-state index in [2.05, 4.69) is 16.3 Å². The van der Waals surface area contributed by atoms with Gasteiger partial charge in [-0.2, -0.15) is 0 Å². The Morgan fingerprint density at radius 3 is 2.74 bits per heavy atom. The van der Waals surface area contributed by atoms with E-state index in [1.165, 1.54) is 12.1 Å². The van der Waals surface area contributed by atoms with Crippen molar-refractivity contribution in [2.75, 3.05) is 26.7 Å². The highest BCUT2D eigenvalue weighted by molar-refractivity contribution is 5.85. The minimum absolute atomic E-state index is 0.0430. The van der Waals surface area contributed by atoms with Crippen LogP contribution in [0.15, 0.2) is 54.7 Å². The summed E-state index contributed by atoms with van der Waals surface area (Å²) in [6.45, 7) is 2.69. The number of benzene rings is 2. The number of nitrogens with zero attached hydrogens (tertiary/aromatic N) is 3. The van der Waals surface area contributed by atoms with Crippen molar-refractivity contribution in [1.29, 1.82) is 0 Å². The minimum Gasteiger partial charge on any atom is -0.497 e. The summed E-state index contributed by atoms with van der Waals surface area (Å²) in [5.41, 5.74) is 1.96. The first-order chi connectivity index (χ1) is 15.0. The van der Waals surface area contributed by atoms with Crippen LogP contribution in [0.3, 0.4) is 0 Å². The van der Waals surface area contributed by atoms with Gasteiger partial charge in [0.05, 0.1) is 18.1 Å². The molecule has 0 aliphatic carbocycles. The maximum atomic E-state index is 12.7. The van der Waals surface area contributed by atoms with Gasteiger partial charge in [0.2, 0.25) is 5.91 Å². The second-order valence-electron chi connectivity index (χ2n) is 7.78. The molecule has 3 aromatic rings. The van der Waals surface area contributed by atoms with Gasteiger partial charge in [-0.3, -0.25) is 19.8 Å². The fourth-order valence-corrected chi connectivity index (χ4v) is 4.22. The number of aromatic nitrogens is 1. The third-order valence-corrected chi connectivity index (χ3v) is 5.83. The van der Waals surface area contributed by atoms with E-state index in [-0.39, 0.29) is 24.2 Å². The first kappa shape index (κ1) is 20.9. The van der Waals surface area contributed by atoms with E-state index in [1.54, 1.807) is 25.4 Å². The topological polar surface area (TPSA) is 89.6 Å². The van der Waals surface area contributed by atoms with E-state index < -0.39 is 4.92 Å². The predicted molar refractivity (Wildman–Crippen MR) is 118 cm³/mol. The number of fused-ring (bicyclic) bond motifs is 1. The Morgan fingerprint density at radius 1 is 1.19 bits per heavy atom. The van der Waals surface area contributed by atoms with Crippen LogP contribution >= 0.6 is 0 Å². The summed E-state index contributed by atoms with van der Waals surface area (Å²) in [4.78, 5) is 25.7. The van der Waals surface area contributed by atoms with Crippen LogP contribution in [0.1, 0.15) is 24.4 Å². The number of carbonyl (C=O) groups excluding carboxylic acids is 1. The van der Waals surface area contributed by atoms with E-state index in [0.717, 1.165) is 48.1 Å². The quantitative estimate of drug-likeness (QED) is 0.443. The standard InChI is InChI=1S/C23H26N4O4/c1-31-20-6-4-5-17(14-20)22(25-10-2-3-11-25)15-24-23(28)16-26-12-9-18-13-19(27(29)30)7-8-21(18)26/h4-9,12-14,22H,2-3,10-11,15-16H2,1H3,(H,24,28). The molecule has 0 saturated carbocycles. The lowest BCUT2D eigenvalue weighted by atomic mass is 10.0. The van der Waals surface area contributed by atoms with Gasteiger partial charge in [0.15, 0.2) is 0 Å². The van der Waals surface area contributed by atoms with Crippen LogP contribution in [0, 0.1) is 10.1 Å². The molecule has 1 N–H and O–H groups in total. The molecule has 1 unspecified atom stereocenters. The molecule has 0 bridgehead atoms. The van der Waals surface area contributed by atoms with Crippen molar-refractivity contribution < 1.29 is 14.5 Å². The maximum absolute atomic E-state index is 12.7. The largest absolute Gasteiger partial charge is 0.497 e. The molecule has 1 fully saturated rings. The summed E-state index contributed by atoms with van der Waals surface area (Å²) in [5, 5.41) is 14.8. The van der Waals surface area contributed by atoms with Gasteiger partial charge >= 0.3 is 0 Å². The fourth-order valence-electron chi connectivity index (χ4n) is 4.22. The molecule has 1 atom stereocenters. The van der Waals surface area contributed by atoms with Crippen LogP contribution < -0.4 is 10.1 Å². The Bertz CT molecular complexity index is 1090. The number of nitrogens with one attached hydrogen (secondary N) is 1. The van der Waals surface area contributed by atoms with Gasteiger partial charge in [-0.1, -0.05) is 12.1 Å². The summed E-state index contributed by atoms with van der Waals surface area (Å²) in [5.74, 6) is 0.712. The molecular weight excluding hydrogens is 396 g/mol. The summed E-state index contributed by atoms with van der Waals surface area (Å²) >= 11 is 0. The van der Waals surface area contributed by atoms with E-state index in [0.29, 0.717) is 6.54 Å². The number of hydrogen-bond acceptors (Lipinski definition) is 5. The van der Waals surface area contributed by atoms with Gasteiger partial charge in [-0.15, -0.1) is 0 Å². The molecule has 8 nitrogen and oxygen atoms in total. The number of carbonyl (C=O) groups is 1. The number of nitro benzene ring substituents is 1. The normalized spacial score (nSPS) is 15.1. The Balaban J connectivity index is 1.45. The molecule has 1 aliphatic heterocycles. The number of amides is 1. The molecule has 8 heteroatoms. The zero-order valence-corrected chi connectivity index (χ0v) is 17.5. The summed E-state index contributed by atoms with van der Waals surface area (Å²) < 4.78 is 7.19. The molecule has 0 spiro atoms. The molecule has 2 aromatic carbocycles. The number of ether oxygens (including phenoxy) is 1. The van der Waals surface area contributed by atoms with Crippen molar-refractivity contribution in [2.24, 2.45) is 0 Å². The van der Waals surface area contributed by atoms with Gasteiger partial charge in [0.1, 0.15) is 12.3 Å². The first-order valence-electron chi connectivity index (χ1n) is 10.4. The number of rotatable bonds is 8. The van der Waals surface area contributed by atoms with Gasteiger partial charge in [0.25, 0.3) is 5.69 Å². The van der Waals surface area contributed by atoms with E-state index >= 15 is 0 Å². The number of hydrogen-bond donors (Lipinski definition) is 1. The predicted octanol–water partition coefficient (Wildman–Crippen LogP) is 3.51. The van der Waals surface area contributed by atoms with Crippen molar-refractivity contribution in [3.63, 3.8) is 0 Å². The molecule has 1 aliphatic rings. The average Bonchev–Trinajstić information content (AvgIpc) is 3.44. The highest BCUT2D eigenvalue weighted by atomic mass is 16.6. The molecular formula is C23H26N4O4. The van der Waals surface area contributed by atoms with Gasteiger partial charge < -0.3 is 14.6 Å². The van der Waals surface area contributed by atoms with Crippen molar-refractivity contribution in [1.82, 2.24) is 14.8 Å². The lowest BCUT2D eigenvalue weighted by Gasteiger charge is -2.28. The SMILES string of the molecule is COc1cccc(C(CNC(=O)Cn2ccc3cc([N+](=O)[O-])ccc32)N2CCCC2)c1. The molecule has 1 saturated heterocycles. The lowest BCUT2D eigenvalue weighted by Crippen LogP contribution is -2.38. The summed E-state index contributed by atoms with van der Waals surface area (Å²) in [6, 6.07) is 14.5. The average molecular weight is 422 g/mol. The minimum atomic E-state index is -0.416. The second-order valence-corrected chi connectivity index (χ2v) is 7.78. The van der Waals surface area contributed by atoms with Crippen LogP contribution in [0.2, 0.25) is 0 Å². The van der Waals surface area contributed by atoms with Crippen molar-refractivity contribution in [3.05, 3.63) is 70.4 Å². The van der Waals surface area contributed by atoms with Crippen molar-refractivity contribution >= 4 is 22.5 Å². The Kier molecular flexibility index (Phi) is 6.18. The number of nitro groups is 1.